The van der Waals surface area contributed by atoms with Gasteiger partial charge < -0.3 is 4.90 Å². The lowest BCUT2D eigenvalue weighted by Gasteiger charge is -2.38. The first-order valence-corrected chi connectivity index (χ1v) is 12.5. The van der Waals surface area contributed by atoms with Crippen molar-refractivity contribution in [1.82, 2.24) is 9.62 Å². The van der Waals surface area contributed by atoms with Gasteiger partial charge in [0.2, 0.25) is 15.9 Å². The van der Waals surface area contributed by atoms with Crippen LogP contribution in [0.2, 0.25) is 10.0 Å². The normalized spacial score (nSPS) is 15.1. The van der Waals surface area contributed by atoms with Crippen LogP contribution in [0.5, 0.6) is 0 Å². The third kappa shape index (κ3) is 4.94. The van der Waals surface area contributed by atoms with Crippen molar-refractivity contribution in [1.29, 1.82) is 0 Å². The van der Waals surface area contributed by atoms with Crippen molar-refractivity contribution in [2.45, 2.75) is 21.5 Å². The van der Waals surface area contributed by atoms with Gasteiger partial charge in [0.05, 0.1) is 14.8 Å². The Morgan fingerprint density at radius 2 is 1.63 bits per heavy atom. The summed E-state index contributed by atoms with van der Waals surface area (Å²) in [5.41, 5.74) is 0. The molecule has 0 unspecified atom stereocenters. The summed E-state index contributed by atoms with van der Waals surface area (Å²) in [6, 6.07) is 8.77. The highest BCUT2D eigenvalue weighted by Gasteiger charge is 2.40. The maximum absolute atomic E-state index is 13.2. The van der Waals surface area contributed by atoms with Crippen LogP contribution in [0.4, 0.5) is 4.39 Å². The summed E-state index contributed by atoms with van der Waals surface area (Å²) in [5, 5.41) is -0.632. The Morgan fingerprint density at radius 1 is 1.03 bits per heavy atom. The quantitative estimate of drug-likeness (QED) is 0.636. The van der Waals surface area contributed by atoms with Crippen molar-refractivity contribution in [2.24, 2.45) is 0 Å². The molecule has 1 amide bonds. The zero-order chi connectivity index (χ0) is 22.1. The summed E-state index contributed by atoms with van der Waals surface area (Å²) in [5.74, 6) is -1.12. The molecule has 1 aliphatic heterocycles. The van der Waals surface area contributed by atoms with Crippen LogP contribution >= 0.6 is 23.2 Å². The van der Waals surface area contributed by atoms with Crippen LogP contribution in [0.3, 0.4) is 0 Å². The fraction of sp³-hybridized carbons (Fsp3) is 0.278. The highest BCUT2D eigenvalue weighted by Crippen LogP contribution is 2.25. The number of rotatable bonds is 7. The first-order valence-electron chi connectivity index (χ1n) is 8.72. The molecule has 2 aromatic rings. The number of hydrogen-bond acceptors (Lipinski definition) is 5. The first-order chi connectivity index (χ1) is 14.0. The van der Waals surface area contributed by atoms with E-state index in [1.165, 1.54) is 29.2 Å². The van der Waals surface area contributed by atoms with Crippen molar-refractivity contribution >= 4 is 49.0 Å². The van der Waals surface area contributed by atoms with E-state index >= 15 is 0 Å². The summed E-state index contributed by atoms with van der Waals surface area (Å²) in [4.78, 5) is 13.5. The molecule has 0 bridgehead atoms. The van der Waals surface area contributed by atoms with Crippen LogP contribution < -0.4 is 4.72 Å². The molecule has 0 aromatic heterocycles. The Labute approximate surface area is 183 Å². The van der Waals surface area contributed by atoms with Crippen LogP contribution in [-0.4, -0.2) is 52.5 Å². The molecule has 30 heavy (non-hydrogen) atoms. The second-order valence-electron chi connectivity index (χ2n) is 6.64. The number of nitrogens with one attached hydrogen (secondary N) is 1. The lowest BCUT2D eigenvalue weighted by Crippen LogP contribution is -2.57. The van der Waals surface area contributed by atoms with Gasteiger partial charge >= 0.3 is 0 Å². The zero-order valence-electron chi connectivity index (χ0n) is 15.4. The number of carbonyl (C=O) groups excluding carboxylic acids is 1. The standard InChI is InChI=1S/C18H17Cl2FN2O5S2/c19-12-1-3-13(4-2-12)29(25,26)15-10-23(11-15)18(24)7-8-22-30(27,28)14-5-6-17(21)16(20)9-14/h1-6,9,15,22H,7-8,10-11H2. The Kier molecular flexibility index (Phi) is 6.73. The summed E-state index contributed by atoms with van der Waals surface area (Å²) in [6.45, 7) is -0.129. The van der Waals surface area contributed by atoms with Gasteiger partial charge in [-0.15, -0.1) is 0 Å². The molecule has 7 nitrogen and oxygen atoms in total. The number of sulfone groups is 1. The fourth-order valence-electron chi connectivity index (χ4n) is 2.83. The van der Waals surface area contributed by atoms with E-state index in [-0.39, 0.29) is 46.8 Å². The van der Waals surface area contributed by atoms with Gasteiger partial charge in [0.1, 0.15) is 11.1 Å². The van der Waals surface area contributed by atoms with Gasteiger partial charge in [-0.2, -0.15) is 0 Å². The molecule has 1 fully saturated rings. The summed E-state index contributed by atoms with van der Waals surface area (Å²) < 4.78 is 64.9. The number of sulfonamides is 1. The molecule has 0 radical (unpaired) electrons. The van der Waals surface area contributed by atoms with Crippen molar-refractivity contribution in [3.05, 3.63) is 58.3 Å². The van der Waals surface area contributed by atoms with E-state index in [0.29, 0.717) is 5.02 Å². The lowest BCUT2D eigenvalue weighted by molar-refractivity contribution is -0.134. The van der Waals surface area contributed by atoms with Crippen molar-refractivity contribution < 1.29 is 26.0 Å². The Hall–Kier alpha value is -1.72. The van der Waals surface area contributed by atoms with Gasteiger partial charge in [-0.25, -0.2) is 25.9 Å². The molecule has 3 rings (SSSR count). The molecule has 1 heterocycles. The van der Waals surface area contributed by atoms with E-state index in [0.717, 1.165) is 18.2 Å². The second kappa shape index (κ2) is 8.80. The summed E-state index contributed by atoms with van der Waals surface area (Å²) >= 11 is 11.4. The first kappa shape index (κ1) is 23.0. The molecule has 0 saturated carbocycles. The van der Waals surface area contributed by atoms with E-state index in [4.69, 9.17) is 23.2 Å². The predicted molar refractivity (Wildman–Crippen MR) is 110 cm³/mol. The molecule has 0 atom stereocenters. The maximum Gasteiger partial charge on any atom is 0.240 e. The van der Waals surface area contributed by atoms with Crippen molar-refractivity contribution in [2.75, 3.05) is 19.6 Å². The van der Waals surface area contributed by atoms with Crippen molar-refractivity contribution in [3.8, 4) is 0 Å². The molecule has 0 spiro atoms. The molecule has 0 aliphatic carbocycles. The molecule has 1 saturated heterocycles. The van der Waals surface area contributed by atoms with Gasteiger partial charge in [0.25, 0.3) is 0 Å². The monoisotopic (exact) mass is 494 g/mol. The van der Waals surface area contributed by atoms with Crippen LogP contribution in [0.25, 0.3) is 0 Å². The fourth-order valence-corrected chi connectivity index (χ4v) is 5.91. The van der Waals surface area contributed by atoms with E-state index in [2.05, 4.69) is 4.72 Å². The number of halogens is 3. The van der Waals surface area contributed by atoms with E-state index in [1.54, 1.807) is 0 Å². The van der Waals surface area contributed by atoms with Crippen molar-refractivity contribution in [3.63, 3.8) is 0 Å². The zero-order valence-corrected chi connectivity index (χ0v) is 18.5. The van der Waals surface area contributed by atoms with Crippen LogP contribution in [0, 0.1) is 5.82 Å². The number of carbonyl (C=O) groups is 1. The number of benzene rings is 2. The predicted octanol–water partition coefficient (Wildman–Crippen LogP) is 2.49. The topological polar surface area (TPSA) is 101 Å². The van der Waals surface area contributed by atoms with E-state index < -0.39 is 30.9 Å². The van der Waals surface area contributed by atoms with Gasteiger partial charge in [0, 0.05) is 31.1 Å². The van der Waals surface area contributed by atoms with Gasteiger partial charge in [-0.3, -0.25) is 4.79 Å². The number of likely N-dealkylation sites (tertiary alicyclic amines) is 1. The lowest BCUT2D eigenvalue weighted by atomic mass is 10.2. The average molecular weight is 495 g/mol. The minimum Gasteiger partial charge on any atom is -0.340 e. The summed E-state index contributed by atoms with van der Waals surface area (Å²) in [7, 11) is -7.54. The smallest absolute Gasteiger partial charge is 0.240 e. The highest BCUT2D eigenvalue weighted by molar-refractivity contribution is 7.92. The molecule has 12 heteroatoms. The Balaban J connectivity index is 1.51. The Bertz CT molecular complexity index is 1170. The molecule has 162 valence electrons. The highest BCUT2D eigenvalue weighted by atomic mass is 35.5. The van der Waals surface area contributed by atoms with Crippen LogP contribution in [-0.2, 0) is 24.7 Å². The molecular formula is C18H17Cl2FN2O5S2. The second-order valence-corrected chi connectivity index (χ2v) is 11.5. The minimum absolute atomic E-state index is 0.0319. The molecular weight excluding hydrogens is 478 g/mol. The molecule has 2 aromatic carbocycles. The van der Waals surface area contributed by atoms with Crippen LogP contribution in [0.15, 0.2) is 52.3 Å². The average Bonchev–Trinajstić information content (AvgIpc) is 2.62. The molecule has 1 aliphatic rings. The number of hydrogen-bond donors (Lipinski definition) is 1. The van der Waals surface area contributed by atoms with E-state index in [1.807, 2.05) is 0 Å². The van der Waals surface area contributed by atoms with Gasteiger partial charge in [0.15, 0.2) is 9.84 Å². The Morgan fingerprint density at radius 3 is 2.23 bits per heavy atom. The third-order valence-corrected chi connectivity index (χ3v) is 8.72. The largest absolute Gasteiger partial charge is 0.340 e. The number of nitrogens with zero attached hydrogens (tertiary/aromatic N) is 1. The van der Waals surface area contributed by atoms with Gasteiger partial charge in [-0.1, -0.05) is 23.2 Å². The SMILES string of the molecule is O=C(CCNS(=O)(=O)c1ccc(F)c(Cl)c1)N1CC(S(=O)(=O)c2ccc(Cl)cc2)C1. The third-order valence-electron chi connectivity index (χ3n) is 4.61. The molecule has 1 N–H and O–H groups in total. The maximum atomic E-state index is 13.2. The van der Waals surface area contributed by atoms with Gasteiger partial charge in [-0.05, 0) is 42.5 Å². The minimum atomic E-state index is -3.96. The van der Waals surface area contributed by atoms with Crippen LogP contribution in [0.1, 0.15) is 6.42 Å². The van der Waals surface area contributed by atoms with E-state index in [9.17, 15) is 26.0 Å². The number of amides is 1. The summed E-state index contributed by atoms with van der Waals surface area (Å²) in [6.07, 6.45) is -0.151.